The molecule has 0 spiro atoms. The summed E-state index contributed by atoms with van der Waals surface area (Å²) in [4.78, 5) is 0. The van der Waals surface area contributed by atoms with Crippen LogP contribution in [0, 0.1) is 0 Å². The molecule has 2 N–H and O–H groups in total. The summed E-state index contributed by atoms with van der Waals surface area (Å²) in [6.45, 7) is 0. The van der Waals surface area contributed by atoms with Crippen molar-refractivity contribution in [2.75, 3.05) is 12.8 Å². The molecule has 106 valence electrons. The Balaban J connectivity index is 2.05. The number of anilines is 1. The first kappa shape index (κ1) is 13.4. The monoisotopic (exact) mass is 301 g/mol. The average molecular weight is 302 g/mol. The molecule has 0 aliphatic carbocycles. The molecule has 0 saturated carbocycles. The van der Waals surface area contributed by atoms with E-state index in [1.165, 1.54) is 0 Å². The number of methoxy groups -OCH3 is 1. The lowest BCUT2D eigenvalue weighted by molar-refractivity contribution is 0.414. The standard InChI is InChI=1S/C14H12ClN5O/c1-21-11-5-3-10(4-6-11)20-14(17-18-19-20)9-2-7-13(16)12(15)8-9/h2-8H,16H2,1H3. The van der Waals surface area contributed by atoms with Gasteiger partial charge in [-0.1, -0.05) is 11.6 Å². The summed E-state index contributed by atoms with van der Waals surface area (Å²) in [7, 11) is 1.62. The van der Waals surface area contributed by atoms with E-state index in [2.05, 4.69) is 15.5 Å². The fourth-order valence-corrected chi connectivity index (χ4v) is 2.11. The van der Waals surface area contributed by atoms with E-state index in [-0.39, 0.29) is 0 Å². The van der Waals surface area contributed by atoms with Gasteiger partial charge in [0, 0.05) is 5.56 Å². The van der Waals surface area contributed by atoms with Gasteiger partial charge in [0.2, 0.25) is 0 Å². The van der Waals surface area contributed by atoms with Gasteiger partial charge in [0.05, 0.1) is 23.5 Å². The molecule has 7 heteroatoms. The summed E-state index contributed by atoms with van der Waals surface area (Å²) in [5.74, 6) is 1.35. The minimum absolute atomic E-state index is 0.469. The zero-order chi connectivity index (χ0) is 14.8. The van der Waals surface area contributed by atoms with Gasteiger partial charge < -0.3 is 10.5 Å². The van der Waals surface area contributed by atoms with Gasteiger partial charge in [-0.05, 0) is 52.9 Å². The Hall–Kier alpha value is -2.60. The molecule has 1 aromatic heterocycles. The van der Waals surface area contributed by atoms with Crippen LogP contribution < -0.4 is 10.5 Å². The van der Waals surface area contributed by atoms with Gasteiger partial charge in [-0.3, -0.25) is 0 Å². The van der Waals surface area contributed by atoms with Crippen LogP contribution >= 0.6 is 11.6 Å². The van der Waals surface area contributed by atoms with E-state index >= 15 is 0 Å². The van der Waals surface area contributed by atoms with Gasteiger partial charge >= 0.3 is 0 Å². The Morgan fingerprint density at radius 3 is 2.57 bits per heavy atom. The first-order valence-corrected chi connectivity index (χ1v) is 6.55. The van der Waals surface area contributed by atoms with Gasteiger partial charge in [-0.15, -0.1) is 5.10 Å². The minimum atomic E-state index is 0.469. The van der Waals surface area contributed by atoms with Crippen LogP contribution in [0.5, 0.6) is 5.75 Å². The molecular formula is C14H12ClN5O. The van der Waals surface area contributed by atoms with Crippen molar-refractivity contribution in [3.63, 3.8) is 0 Å². The predicted octanol–water partition coefficient (Wildman–Crippen LogP) is 2.57. The molecule has 1 heterocycles. The van der Waals surface area contributed by atoms with Crippen LogP contribution in [0.3, 0.4) is 0 Å². The van der Waals surface area contributed by atoms with Gasteiger partial charge in [0.25, 0.3) is 0 Å². The number of tetrazole rings is 1. The minimum Gasteiger partial charge on any atom is -0.497 e. The quantitative estimate of drug-likeness (QED) is 0.752. The summed E-state index contributed by atoms with van der Waals surface area (Å²) in [5, 5.41) is 12.3. The smallest absolute Gasteiger partial charge is 0.187 e. The number of rotatable bonds is 3. The molecule has 0 bridgehead atoms. The lowest BCUT2D eigenvalue weighted by Crippen LogP contribution is -2.00. The van der Waals surface area contributed by atoms with Crippen LogP contribution in [0.4, 0.5) is 5.69 Å². The Kier molecular flexibility index (Phi) is 3.45. The molecular weight excluding hydrogens is 290 g/mol. The SMILES string of the molecule is COc1ccc(-n2nnnc2-c2ccc(N)c(Cl)c2)cc1. The second-order valence-electron chi connectivity index (χ2n) is 4.35. The maximum Gasteiger partial charge on any atom is 0.187 e. The Morgan fingerprint density at radius 1 is 1.14 bits per heavy atom. The molecule has 3 aromatic rings. The summed E-state index contributed by atoms with van der Waals surface area (Å²) in [5.41, 5.74) is 7.85. The van der Waals surface area contributed by atoms with Crippen molar-refractivity contribution in [2.24, 2.45) is 0 Å². The molecule has 3 rings (SSSR count). The molecule has 0 radical (unpaired) electrons. The first-order valence-electron chi connectivity index (χ1n) is 6.17. The van der Waals surface area contributed by atoms with Crippen LogP contribution in [0.2, 0.25) is 5.02 Å². The third-order valence-electron chi connectivity index (χ3n) is 3.05. The average Bonchev–Trinajstić information content (AvgIpc) is 2.99. The normalized spacial score (nSPS) is 10.6. The molecule has 0 aliphatic rings. The molecule has 0 saturated heterocycles. The zero-order valence-corrected chi connectivity index (χ0v) is 11.9. The zero-order valence-electron chi connectivity index (χ0n) is 11.2. The highest BCUT2D eigenvalue weighted by molar-refractivity contribution is 6.33. The number of nitrogens with two attached hydrogens (primary N) is 1. The fourth-order valence-electron chi connectivity index (χ4n) is 1.93. The summed E-state index contributed by atoms with van der Waals surface area (Å²) < 4.78 is 6.76. The molecule has 0 fully saturated rings. The number of ether oxygens (including phenoxy) is 1. The van der Waals surface area contributed by atoms with E-state index in [1.807, 2.05) is 30.3 Å². The number of hydrogen-bond donors (Lipinski definition) is 1. The number of halogens is 1. The van der Waals surface area contributed by atoms with E-state index < -0.39 is 0 Å². The third kappa shape index (κ3) is 2.53. The molecule has 0 aliphatic heterocycles. The van der Waals surface area contributed by atoms with Crippen LogP contribution in [0.15, 0.2) is 42.5 Å². The second-order valence-corrected chi connectivity index (χ2v) is 4.76. The van der Waals surface area contributed by atoms with Crippen molar-refractivity contribution in [3.05, 3.63) is 47.5 Å². The van der Waals surface area contributed by atoms with Crippen molar-refractivity contribution < 1.29 is 4.74 Å². The Morgan fingerprint density at radius 2 is 1.90 bits per heavy atom. The number of aromatic nitrogens is 4. The highest BCUT2D eigenvalue weighted by atomic mass is 35.5. The molecule has 0 atom stereocenters. The largest absolute Gasteiger partial charge is 0.497 e. The van der Waals surface area contributed by atoms with Crippen LogP contribution in [0.1, 0.15) is 0 Å². The van der Waals surface area contributed by atoms with Crippen molar-refractivity contribution >= 4 is 17.3 Å². The summed E-state index contributed by atoms with van der Waals surface area (Å²) in [6.07, 6.45) is 0. The summed E-state index contributed by atoms with van der Waals surface area (Å²) in [6, 6.07) is 12.7. The molecule has 21 heavy (non-hydrogen) atoms. The number of nitrogens with zero attached hydrogens (tertiary/aromatic N) is 4. The lowest BCUT2D eigenvalue weighted by atomic mass is 10.2. The van der Waals surface area contributed by atoms with E-state index in [1.54, 1.807) is 23.9 Å². The van der Waals surface area contributed by atoms with E-state index in [4.69, 9.17) is 22.1 Å². The van der Waals surface area contributed by atoms with Crippen molar-refractivity contribution in [3.8, 4) is 22.8 Å². The van der Waals surface area contributed by atoms with Gasteiger partial charge in [-0.25, -0.2) is 0 Å². The third-order valence-corrected chi connectivity index (χ3v) is 3.37. The van der Waals surface area contributed by atoms with E-state index in [0.29, 0.717) is 16.5 Å². The molecule has 6 nitrogen and oxygen atoms in total. The highest BCUT2D eigenvalue weighted by Crippen LogP contribution is 2.27. The Bertz CT molecular complexity index is 769. The lowest BCUT2D eigenvalue weighted by Gasteiger charge is -2.07. The molecule has 0 amide bonds. The van der Waals surface area contributed by atoms with Crippen LogP contribution in [-0.4, -0.2) is 27.3 Å². The summed E-state index contributed by atoms with van der Waals surface area (Å²) >= 11 is 6.05. The van der Waals surface area contributed by atoms with Gasteiger partial charge in [-0.2, -0.15) is 4.68 Å². The predicted molar refractivity (Wildman–Crippen MR) is 80.6 cm³/mol. The maximum absolute atomic E-state index is 6.05. The van der Waals surface area contributed by atoms with Crippen LogP contribution in [-0.2, 0) is 0 Å². The number of hydrogen-bond acceptors (Lipinski definition) is 5. The molecule has 2 aromatic carbocycles. The number of nitrogen functional groups attached to an aromatic ring is 1. The van der Waals surface area contributed by atoms with Gasteiger partial charge in [0.15, 0.2) is 5.82 Å². The second kappa shape index (κ2) is 5.41. The van der Waals surface area contributed by atoms with Gasteiger partial charge in [0.1, 0.15) is 5.75 Å². The number of benzene rings is 2. The Labute approximate surface area is 126 Å². The molecule has 0 unspecified atom stereocenters. The highest BCUT2D eigenvalue weighted by Gasteiger charge is 2.12. The topological polar surface area (TPSA) is 78.8 Å². The van der Waals surface area contributed by atoms with E-state index in [0.717, 1.165) is 17.0 Å². The van der Waals surface area contributed by atoms with Crippen molar-refractivity contribution in [2.45, 2.75) is 0 Å². The van der Waals surface area contributed by atoms with Crippen molar-refractivity contribution in [1.29, 1.82) is 0 Å². The maximum atomic E-state index is 6.05. The first-order chi connectivity index (χ1) is 10.2. The van der Waals surface area contributed by atoms with Crippen molar-refractivity contribution in [1.82, 2.24) is 20.2 Å². The fraction of sp³-hybridized carbons (Fsp3) is 0.0714. The van der Waals surface area contributed by atoms with Crippen LogP contribution in [0.25, 0.3) is 17.1 Å². The van der Waals surface area contributed by atoms with E-state index in [9.17, 15) is 0 Å².